The summed E-state index contributed by atoms with van der Waals surface area (Å²) in [4.78, 5) is 14.1. The number of hydrogen-bond donors (Lipinski definition) is 3. The molecule has 2 aromatic heterocycles. The molecule has 0 aliphatic carbocycles. The molecule has 0 saturated carbocycles. The Bertz CT molecular complexity index is 1520. The van der Waals surface area contributed by atoms with Crippen molar-refractivity contribution in [1.82, 2.24) is 14.9 Å². The molecule has 0 unspecified atom stereocenters. The molecule has 0 radical (unpaired) electrons. The van der Waals surface area contributed by atoms with Crippen LogP contribution in [0, 0.1) is 0 Å². The van der Waals surface area contributed by atoms with Crippen molar-refractivity contribution in [3.63, 3.8) is 0 Å². The van der Waals surface area contributed by atoms with Gasteiger partial charge in [-0.2, -0.15) is 0 Å². The summed E-state index contributed by atoms with van der Waals surface area (Å²) >= 11 is 7.23. The van der Waals surface area contributed by atoms with Crippen molar-refractivity contribution in [3.8, 4) is 0 Å². The largest absolute Gasteiger partial charge is 0.340 e. The summed E-state index contributed by atoms with van der Waals surface area (Å²) in [6, 6.07) is 28.6. The summed E-state index contributed by atoms with van der Waals surface area (Å²) < 4.78 is 0. The van der Waals surface area contributed by atoms with Gasteiger partial charge in [0.2, 0.25) is 0 Å². The molecule has 1 aliphatic rings. The minimum absolute atomic E-state index is 0.552. The Balaban J connectivity index is 1.15. The number of rotatable bonds is 6. The quantitative estimate of drug-likeness (QED) is 0.212. The van der Waals surface area contributed by atoms with Gasteiger partial charge in [0.1, 0.15) is 17.0 Å². The Morgan fingerprint density at radius 2 is 1.51 bits per heavy atom. The lowest BCUT2D eigenvalue weighted by Crippen LogP contribution is -2.29. The first-order chi connectivity index (χ1) is 18.2. The second-order valence-electron chi connectivity index (χ2n) is 9.00. The molecular formula is C29H26N6S2. The van der Waals surface area contributed by atoms with Gasteiger partial charge in [0.25, 0.3) is 0 Å². The van der Waals surface area contributed by atoms with Crippen LogP contribution in [-0.4, -0.2) is 26.5 Å². The summed E-state index contributed by atoms with van der Waals surface area (Å²) in [6.45, 7) is 2.94. The molecule has 1 aliphatic heterocycles. The van der Waals surface area contributed by atoms with Crippen LogP contribution in [0.3, 0.4) is 0 Å². The first-order valence-electron chi connectivity index (χ1n) is 12.2. The lowest BCUT2D eigenvalue weighted by atomic mass is 10.0. The van der Waals surface area contributed by atoms with Crippen molar-refractivity contribution in [1.29, 1.82) is 0 Å². The molecule has 184 valence electrons. The highest BCUT2D eigenvalue weighted by atomic mass is 32.1. The molecular weight excluding hydrogens is 496 g/mol. The Hall–Kier alpha value is -3.85. The zero-order valence-electron chi connectivity index (χ0n) is 20.1. The third kappa shape index (κ3) is 5.46. The van der Waals surface area contributed by atoms with Crippen molar-refractivity contribution in [3.05, 3.63) is 107 Å². The molecule has 0 fully saturated rings. The molecule has 3 N–H and O–H groups in total. The van der Waals surface area contributed by atoms with E-state index < -0.39 is 0 Å². The molecule has 0 amide bonds. The molecule has 0 atom stereocenters. The maximum Gasteiger partial charge on any atom is 0.175 e. The van der Waals surface area contributed by atoms with Crippen molar-refractivity contribution >= 4 is 61.8 Å². The number of thiocarbonyl (C=S) groups is 1. The Kier molecular flexibility index (Phi) is 6.77. The van der Waals surface area contributed by atoms with Crippen LogP contribution < -0.4 is 16.0 Å². The van der Waals surface area contributed by atoms with Gasteiger partial charge < -0.3 is 16.0 Å². The zero-order chi connectivity index (χ0) is 25.0. The average Bonchev–Trinajstić information content (AvgIpc) is 3.30. The third-order valence-corrected chi connectivity index (χ3v) is 7.73. The first-order valence-corrected chi connectivity index (χ1v) is 13.5. The van der Waals surface area contributed by atoms with E-state index >= 15 is 0 Å². The van der Waals surface area contributed by atoms with E-state index in [1.807, 2.05) is 54.6 Å². The number of fused-ring (bicyclic) bond motifs is 3. The molecule has 3 heterocycles. The predicted octanol–water partition coefficient (Wildman–Crippen LogP) is 6.80. The van der Waals surface area contributed by atoms with Crippen LogP contribution >= 0.6 is 23.6 Å². The van der Waals surface area contributed by atoms with E-state index in [1.54, 1.807) is 17.7 Å². The second kappa shape index (κ2) is 10.6. The van der Waals surface area contributed by atoms with Crippen LogP contribution in [0.25, 0.3) is 10.2 Å². The van der Waals surface area contributed by atoms with E-state index in [0.717, 1.165) is 59.2 Å². The van der Waals surface area contributed by atoms with Gasteiger partial charge in [0.15, 0.2) is 5.11 Å². The van der Waals surface area contributed by atoms with E-state index in [4.69, 9.17) is 12.2 Å². The first kappa shape index (κ1) is 23.5. The van der Waals surface area contributed by atoms with Gasteiger partial charge in [-0.05, 0) is 66.2 Å². The van der Waals surface area contributed by atoms with Crippen LogP contribution in [0.15, 0.2) is 91.3 Å². The Labute approximate surface area is 225 Å². The fraction of sp³-hybridized carbons (Fsp3) is 0.138. The van der Waals surface area contributed by atoms with E-state index in [-0.39, 0.29) is 0 Å². The predicted molar refractivity (Wildman–Crippen MR) is 158 cm³/mol. The number of nitrogens with one attached hydrogen (secondary N) is 3. The van der Waals surface area contributed by atoms with Crippen molar-refractivity contribution in [2.45, 2.75) is 19.5 Å². The van der Waals surface area contributed by atoms with Crippen molar-refractivity contribution in [2.75, 3.05) is 22.5 Å². The SMILES string of the molecule is S=C(Nc1ccccc1)Nc1ccc(Nc2ncnc3sc4c(c23)CCN(Cc2ccccc2)C4)cc1. The van der Waals surface area contributed by atoms with Gasteiger partial charge in [0.05, 0.1) is 5.39 Å². The number of hydrogen-bond acceptors (Lipinski definition) is 6. The molecule has 37 heavy (non-hydrogen) atoms. The Morgan fingerprint density at radius 1 is 0.838 bits per heavy atom. The highest BCUT2D eigenvalue weighted by Gasteiger charge is 2.24. The average molecular weight is 523 g/mol. The summed E-state index contributed by atoms with van der Waals surface area (Å²) in [5.41, 5.74) is 5.56. The van der Waals surface area contributed by atoms with Crippen LogP contribution in [0.5, 0.6) is 0 Å². The standard InChI is InChI=1S/C29H26N6S2/c36-29(33-21-9-5-2-6-10-21)34-23-13-11-22(12-14-23)32-27-26-24-15-16-35(17-20-7-3-1-4-8-20)18-25(24)37-28(26)31-19-30-27/h1-14,19H,15-18H2,(H,30,31,32)(H2,33,34,36). The lowest BCUT2D eigenvalue weighted by molar-refractivity contribution is 0.249. The maximum atomic E-state index is 5.44. The Morgan fingerprint density at radius 3 is 2.27 bits per heavy atom. The molecule has 0 spiro atoms. The van der Waals surface area contributed by atoms with E-state index in [2.05, 4.69) is 61.2 Å². The van der Waals surface area contributed by atoms with Crippen LogP contribution in [-0.2, 0) is 19.5 Å². The number of para-hydroxylation sites is 1. The maximum absolute atomic E-state index is 5.44. The minimum atomic E-state index is 0.552. The van der Waals surface area contributed by atoms with E-state index in [9.17, 15) is 0 Å². The van der Waals surface area contributed by atoms with Crippen LogP contribution in [0.4, 0.5) is 22.9 Å². The zero-order valence-corrected chi connectivity index (χ0v) is 21.8. The fourth-order valence-corrected chi connectivity index (χ4v) is 6.11. The highest BCUT2D eigenvalue weighted by molar-refractivity contribution is 7.80. The molecule has 6 nitrogen and oxygen atoms in total. The number of benzene rings is 3. The smallest absolute Gasteiger partial charge is 0.175 e. The van der Waals surface area contributed by atoms with Crippen LogP contribution in [0.2, 0.25) is 0 Å². The second-order valence-corrected chi connectivity index (χ2v) is 10.5. The van der Waals surface area contributed by atoms with E-state index in [1.165, 1.54) is 16.0 Å². The van der Waals surface area contributed by atoms with Gasteiger partial charge in [0, 0.05) is 41.6 Å². The van der Waals surface area contributed by atoms with Crippen LogP contribution in [0.1, 0.15) is 16.0 Å². The topological polar surface area (TPSA) is 65.1 Å². The van der Waals surface area contributed by atoms with Gasteiger partial charge in [-0.15, -0.1) is 11.3 Å². The molecule has 0 bridgehead atoms. The molecule has 3 aromatic carbocycles. The lowest BCUT2D eigenvalue weighted by Gasteiger charge is -2.27. The van der Waals surface area contributed by atoms with Gasteiger partial charge in [-0.3, -0.25) is 4.90 Å². The molecule has 6 rings (SSSR count). The summed E-state index contributed by atoms with van der Waals surface area (Å²) in [5, 5.41) is 11.6. The van der Waals surface area contributed by atoms with Crippen molar-refractivity contribution < 1.29 is 0 Å². The van der Waals surface area contributed by atoms with Crippen molar-refractivity contribution in [2.24, 2.45) is 0 Å². The monoisotopic (exact) mass is 522 g/mol. The summed E-state index contributed by atoms with van der Waals surface area (Å²) in [5.74, 6) is 0.862. The molecule has 5 aromatic rings. The molecule has 8 heteroatoms. The summed E-state index contributed by atoms with van der Waals surface area (Å²) in [6.07, 6.45) is 2.65. The number of anilines is 4. The summed E-state index contributed by atoms with van der Waals surface area (Å²) in [7, 11) is 0. The number of aromatic nitrogens is 2. The van der Waals surface area contributed by atoms with Gasteiger partial charge in [-0.25, -0.2) is 9.97 Å². The van der Waals surface area contributed by atoms with Gasteiger partial charge >= 0.3 is 0 Å². The fourth-order valence-electron chi connectivity index (χ4n) is 4.64. The normalized spacial score (nSPS) is 13.2. The highest BCUT2D eigenvalue weighted by Crippen LogP contribution is 2.38. The van der Waals surface area contributed by atoms with E-state index in [0.29, 0.717) is 5.11 Å². The third-order valence-electron chi connectivity index (χ3n) is 6.40. The van der Waals surface area contributed by atoms with Gasteiger partial charge in [-0.1, -0.05) is 48.5 Å². The number of nitrogens with zero attached hydrogens (tertiary/aromatic N) is 3. The number of thiophene rings is 1. The minimum Gasteiger partial charge on any atom is -0.340 e. The molecule has 0 saturated heterocycles.